The number of pyridine rings is 1. The number of hydrogen-bond donors (Lipinski definition) is 1. The average molecular weight is 301 g/mol. The van der Waals surface area contributed by atoms with Gasteiger partial charge < -0.3 is 15.1 Å². The first-order valence-electron chi connectivity index (χ1n) is 7.31. The fraction of sp³-hybridized carbons (Fsp3) is 0.412. The molecule has 1 amide bonds. The van der Waals surface area contributed by atoms with Crippen molar-refractivity contribution >= 4 is 5.91 Å². The molecule has 0 saturated carbocycles. The predicted octanol–water partition coefficient (Wildman–Crippen LogP) is 2.71. The number of aryl methyl sites for hydroxylation is 1. The average Bonchev–Trinajstić information content (AvgIpc) is 3.00. The third-order valence-electron chi connectivity index (χ3n) is 3.65. The summed E-state index contributed by atoms with van der Waals surface area (Å²) in [5.74, 6) is 0.650. The molecule has 22 heavy (non-hydrogen) atoms. The minimum atomic E-state index is -0.111. The molecule has 0 aromatic carbocycles. The SMILES string of the molecule is Cc1nc(-c2ccco2)ccc1C(=O)N(C)CC(C)(C)CN. The van der Waals surface area contributed by atoms with Crippen molar-refractivity contribution in [2.24, 2.45) is 11.1 Å². The van der Waals surface area contributed by atoms with E-state index >= 15 is 0 Å². The van der Waals surface area contributed by atoms with Crippen LogP contribution < -0.4 is 5.73 Å². The fourth-order valence-corrected chi connectivity index (χ4v) is 2.33. The molecule has 0 unspecified atom stereocenters. The predicted molar refractivity (Wildman–Crippen MR) is 86.5 cm³/mol. The van der Waals surface area contributed by atoms with Crippen LogP contribution in [0.15, 0.2) is 34.9 Å². The zero-order valence-electron chi connectivity index (χ0n) is 13.6. The van der Waals surface area contributed by atoms with Crippen LogP contribution in [-0.4, -0.2) is 35.9 Å². The topological polar surface area (TPSA) is 72.4 Å². The zero-order valence-corrected chi connectivity index (χ0v) is 13.6. The molecule has 2 aromatic heterocycles. The van der Waals surface area contributed by atoms with Gasteiger partial charge in [0.25, 0.3) is 5.91 Å². The van der Waals surface area contributed by atoms with Gasteiger partial charge in [-0.1, -0.05) is 13.8 Å². The van der Waals surface area contributed by atoms with Crippen LogP contribution in [0.5, 0.6) is 0 Å². The highest BCUT2D eigenvalue weighted by Gasteiger charge is 2.23. The van der Waals surface area contributed by atoms with E-state index in [1.54, 1.807) is 30.3 Å². The smallest absolute Gasteiger partial charge is 0.255 e. The summed E-state index contributed by atoms with van der Waals surface area (Å²) in [5, 5.41) is 0. The van der Waals surface area contributed by atoms with Gasteiger partial charge in [-0.3, -0.25) is 4.79 Å². The van der Waals surface area contributed by atoms with Gasteiger partial charge in [-0.2, -0.15) is 0 Å². The zero-order chi connectivity index (χ0) is 16.3. The number of amides is 1. The van der Waals surface area contributed by atoms with Gasteiger partial charge in [0, 0.05) is 13.6 Å². The van der Waals surface area contributed by atoms with Crippen molar-refractivity contribution in [2.45, 2.75) is 20.8 Å². The van der Waals surface area contributed by atoms with E-state index in [0.29, 0.717) is 30.1 Å². The number of nitrogens with zero attached hydrogens (tertiary/aromatic N) is 2. The van der Waals surface area contributed by atoms with E-state index < -0.39 is 0 Å². The lowest BCUT2D eigenvalue weighted by molar-refractivity contribution is 0.0739. The van der Waals surface area contributed by atoms with E-state index in [4.69, 9.17) is 10.2 Å². The maximum atomic E-state index is 12.6. The van der Waals surface area contributed by atoms with E-state index in [-0.39, 0.29) is 11.3 Å². The van der Waals surface area contributed by atoms with E-state index in [0.717, 1.165) is 5.69 Å². The molecule has 0 bridgehead atoms. The molecule has 2 aromatic rings. The van der Waals surface area contributed by atoms with Crippen LogP contribution in [0.4, 0.5) is 0 Å². The van der Waals surface area contributed by atoms with Gasteiger partial charge in [0.05, 0.1) is 17.5 Å². The Morgan fingerprint density at radius 1 is 1.36 bits per heavy atom. The van der Waals surface area contributed by atoms with Gasteiger partial charge in [0.15, 0.2) is 5.76 Å². The Morgan fingerprint density at radius 2 is 2.09 bits per heavy atom. The third kappa shape index (κ3) is 3.54. The van der Waals surface area contributed by atoms with Crippen LogP contribution in [-0.2, 0) is 0 Å². The fourth-order valence-electron chi connectivity index (χ4n) is 2.33. The molecule has 0 fully saturated rings. The number of carbonyl (C=O) groups is 1. The van der Waals surface area contributed by atoms with Crippen molar-refractivity contribution in [3.8, 4) is 11.5 Å². The first kappa shape index (κ1) is 16.2. The van der Waals surface area contributed by atoms with Crippen molar-refractivity contribution in [3.63, 3.8) is 0 Å². The first-order chi connectivity index (χ1) is 10.3. The van der Waals surface area contributed by atoms with Gasteiger partial charge >= 0.3 is 0 Å². The molecule has 2 heterocycles. The first-order valence-corrected chi connectivity index (χ1v) is 7.31. The molecule has 0 aliphatic carbocycles. The van der Waals surface area contributed by atoms with Crippen molar-refractivity contribution in [2.75, 3.05) is 20.1 Å². The van der Waals surface area contributed by atoms with Crippen LogP contribution in [0.3, 0.4) is 0 Å². The van der Waals surface area contributed by atoms with E-state index in [1.807, 2.05) is 32.9 Å². The second kappa shape index (κ2) is 6.32. The number of nitrogens with two attached hydrogens (primary N) is 1. The number of furan rings is 1. The van der Waals surface area contributed by atoms with Crippen molar-refractivity contribution < 1.29 is 9.21 Å². The summed E-state index contributed by atoms with van der Waals surface area (Å²) >= 11 is 0. The van der Waals surface area contributed by atoms with Gasteiger partial charge in [0.1, 0.15) is 5.69 Å². The van der Waals surface area contributed by atoms with Gasteiger partial charge in [0.2, 0.25) is 0 Å². The Labute approximate surface area is 131 Å². The van der Waals surface area contributed by atoms with Crippen molar-refractivity contribution in [3.05, 3.63) is 41.8 Å². The summed E-state index contributed by atoms with van der Waals surface area (Å²) in [7, 11) is 1.79. The molecule has 0 atom stereocenters. The van der Waals surface area contributed by atoms with Crippen LogP contribution >= 0.6 is 0 Å². The van der Waals surface area contributed by atoms with Crippen LogP contribution in [0, 0.1) is 12.3 Å². The Bertz CT molecular complexity index is 648. The van der Waals surface area contributed by atoms with E-state index in [1.165, 1.54) is 0 Å². The second-order valence-electron chi connectivity index (χ2n) is 6.34. The minimum Gasteiger partial charge on any atom is -0.463 e. The molecule has 2 N–H and O–H groups in total. The standard InChI is InChI=1S/C17H23N3O2/c1-12-13(16(21)20(4)11-17(2,3)10-18)7-8-14(19-12)15-6-5-9-22-15/h5-9H,10-11,18H2,1-4H3. The quantitative estimate of drug-likeness (QED) is 0.921. The van der Waals surface area contributed by atoms with Gasteiger partial charge in [-0.05, 0) is 43.1 Å². The van der Waals surface area contributed by atoms with Gasteiger partial charge in [-0.15, -0.1) is 0 Å². The molecule has 0 aliphatic heterocycles. The summed E-state index contributed by atoms with van der Waals surface area (Å²) in [6, 6.07) is 7.27. The summed E-state index contributed by atoms with van der Waals surface area (Å²) in [5.41, 5.74) is 7.64. The van der Waals surface area contributed by atoms with Crippen molar-refractivity contribution in [1.82, 2.24) is 9.88 Å². The largest absolute Gasteiger partial charge is 0.463 e. The number of carbonyl (C=O) groups excluding carboxylic acids is 1. The molecular formula is C17H23N3O2. The van der Waals surface area contributed by atoms with Crippen molar-refractivity contribution in [1.29, 1.82) is 0 Å². The molecule has 5 heteroatoms. The highest BCUT2D eigenvalue weighted by Crippen LogP contribution is 2.21. The Balaban J connectivity index is 2.20. The van der Waals surface area contributed by atoms with E-state index in [9.17, 15) is 4.79 Å². The lowest BCUT2D eigenvalue weighted by atomic mass is 9.93. The Morgan fingerprint density at radius 3 is 2.64 bits per heavy atom. The minimum absolute atomic E-state index is 0.0440. The number of rotatable bonds is 5. The molecule has 0 aliphatic rings. The maximum absolute atomic E-state index is 12.6. The van der Waals surface area contributed by atoms with E-state index in [2.05, 4.69) is 4.98 Å². The van der Waals surface area contributed by atoms with Crippen LogP contribution in [0.1, 0.15) is 29.9 Å². The summed E-state index contributed by atoms with van der Waals surface area (Å²) in [6.45, 7) is 7.05. The monoisotopic (exact) mass is 301 g/mol. The molecule has 118 valence electrons. The number of aromatic nitrogens is 1. The molecule has 5 nitrogen and oxygen atoms in total. The second-order valence-corrected chi connectivity index (χ2v) is 6.34. The molecule has 0 saturated heterocycles. The summed E-state index contributed by atoms with van der Waals surface area (Å²) in [4.78, 5) is 18.7. The Hall–Kier alpha value is -2.14. The molecular weight excluding hydrogens is 278 g/mol. The molecule has 0 spiro atoms. The lowest BCUT2D eigenvalue weighted by Crippen LogP contribution is -2.40. The summed E-state index contributed by atoms with van der Waals surface area (Å²) < 4.78 is 5.33. The Kier molecular flexibility index (Phi) is 4.66. The highest BCUT2D eigenvalue weighted by atomic mass is 16.3. The maximum Gasteiger partial charge on any atom is 0.255 e. The van der Waals surface area contributed by atoms with Gasteiger partial charge in [-0.25, -0.2) is 4.98 Å². The normalized spacial score (nSPS) is 11.5. The highest BCUT2D eigenvalue weighted by molar-refractivity contribution is 5.95. The molecule has 2 rings (SSSR count). The lowest BCUT2D eigenvalue weighted by Gasteiger charge is -2.29. The van der Waals surface area contributed by atoms with Crippen LogP contribution in [0.25, 0.3) is 11.5 Å². The third-order valence-corrected chi connectivity index (χ3v) is 3.65. The number of hydrogen-bond acceptors (Lipinski definition) is 4. The summed E-state index contributed by atoms with van der Waals surface area (Å²) in [6.07, 6.45) is 1.61. The van der Waals surface area contributed by atoms with Crippen LogP contribution in [0.2, 0.25) is 0 Å². The molecule has 0 radical (unpaired) electrons.